The Morgan fingerprint density at radius 1 is 1.38 bits per heavy atom. The first-order valence-electron chi connectivity index (χ1n) is 6.17. The molecule has 0 unspecified atom stereocenters. The quantitative estimate of drug-likeness (QED) is 0.823. The van der Waals surface area contributed by atoms with Crippen molar-refractivity contribution in [3.05, 3.63) is 58.4 Å². The van der Waals surface area contributed by atoms with Crippen molar-refractivity contribution >= 4 is 34.5 Å². The van der Waals surface area contributed by atoms with E-state index in [0.717, 1.165) is 5.56 Å². The van der Waals surface area contributed by atoms with Crippen LogP contribution in [0.15, 0.2) is 36.4 Å². The topological polar surface area (TPSA) is 47.3 Å². The second kappa shape index (κ2) is 6.74. The lowest BCUT2D eigenvalue weighted by Crippen LogP contribution is -2.12. The third-order valence-corrected chi connectivity index (χ3v) is 3.57. The Morgan fingerprint density at radius 2 is 2.14 bits per heavy atom. The molecule has 0 atom stereocenters. The molecule has 0 aromatic heterocycles. The maximum atomic E-state index is 13.8. The molecule has 2 aromatic carbocycles. The van der Waals surface area contributed by atoms with Crippen molar-refractivity contribution < 1.29 is 9.13 Å². The zero-order chi connectivity index (χ0) is 15.4. The Bertz CT molecular complexity index is 679. The number of thiocarbonyl (C=S) groups is 1. The van der Waals surface area contributed by atoms with E-state index in [1.165, 1.54) is 6.07 Å². The number of anilines is 1. The zero-order valence-corrected chi connectivity index (χ0v) is 12.9. The van der Waals surface area contributed by atoms with Crippen molar-refractivity contribution in [1.82, 2.24) is 0 Å². The lowest BCUT2D eigenvalue weighted by atomic mass is 10.1. The van der Waals surface area contributed by atoms with Gasteiger partial charge in [0.1, 0.15) is 16.6 Å². The maximum Gasteiger partial charge on any atom is 0.135 e. The second-order valence-electron chi connectivity index (χ2n) is 4.33. The van der Waals surface area contributed by atoms with Crippen LogP contribution in [0, 0.1) is 5.82 Å². The molecule has 6 heteroatoms. The molecule has 2 rings (SSSR count). The third-order valence-electron chi connectivity index (χ3n) is 3.00. The van der Waals surface area contributed by atoms with Gasteiger partial charge in [0.25, 0.3) is 0 Å². The van der Waals surface area contributed by atoms with Crippen molar-refractivity contribution in [1.29, 1.82) is 0 Å². The molecule has 0 amide bonds. The van der Waals surface area contributed by atoms with Crippen LogP contribution in [0.1, 0.15) is 11.1 Å². The smallest absolute Gasteiger partial charge is 0.135 e. The first kappa shape index (κ1) is 15.5. The van der Waals surface area contributed by atoms with Gasteiger partial charge in [0.2, 0.25) is 0 Å². The molecule has 3 N–H and O–H groups in total. The van der Waals surface area contributed by atoms with Crippen molar-refractivity contribution in [3.8, 4) is 5.75 Å². The van der Waals surface area contributed by atoms with E-state index >= 15 is 0 Å². The standard InChI is InChI=1S/C15H14ClFN2OS/c1-20-14-4-2-3-12(16)11(14)8-19-9-5-6-10(15(18)21)13(17)7-9/h2-7,19H,8H2,1H3,(H2,18,21). The van der Waals surface area contributed by atoms with Crippen LogP contribution in [-0.4, -0.2) is 12.1 Å². The molecule has 0 radical (unpaired) electrons. The highest BCUT2D eigenvalue weighted by atomic mass is 35.5. The molecule has 0 heterocycles. The predicted molar refractivity (Wildman–Crippen MR) is 87.6 cm³/mol. The fraction of sp³-hybridized carbons (Fsp3) is 0.133. The molecule has 0 spiro atoms. The lowest BCUT2D eigenvalue weighted by Gasteiger charge is -2.13. The molecule has 0 bridgehead atoms. The Labute approximate surface area is 132 Å². The summed E-state index contributed by atoms with van der Waals surface area (Å²) in [7, 11) is 1.58. The summed E-state index contributed by atoms with van der Waals surface area (Å²) in [6.45, 7) is 0.411. The molecule has 0 aliphatic heterocycles. The molecule has 0 saturated carbocycles. The van der Waals surface area contributed by atoms with E-state index in [1.807, 2.05) is 6.07 Å². The van der Waals surface area contributed by atoms with Crippen molar-refractivity contribution in [2.24, 2.45) is 5.73 Å². The number of methoxy groups -OCH3 is 1. The SMILES string of the molecule is COc1cccc(Cl)c1CNc1ccc(C(N)=S)c(F)c1. The van der Waals surface area contributed by atoms with Gasteiger partial charge < -0.3 is 15.8 Å². The normalized spacial score (nSPS) is 10.2. The molecule has 3 nitrogen and oxygen atoms in total. The summed E-state index contributed by atoms with van der Waals surface area (Å²) >= 11 is 10.9. The van der Waals surface area contributed by atoms with E-state index in [9.17, 15) is 4.39 Å². The number of halogens is 2. The van der Waals surface area contributed by atoms with Gasteiger partial charge in [-0.25, -0.2) is 4.39 Å². The molecular formula is C15H14ClFN2OS. The summed E-state index contributed by atoms with van der Waals surface area (Å²) in [5.74, 6) is 0.217. The van der Waals surface area contributed by atoms with Gasteiger partial charge in [-0.05, 0) is 30.3 Å². The monoisotopic (exact) mass is 324 g/mol. The highest BCUT2D eigenvalue weighted by molar-refractivity contribution is 7.80. The molecule has 2 aromatic rings. The number of benzene rings is 2. The highest BCUT2D eigenvalue weighted by Crippen LogP contribution is 2.27. The second-order valence-corrected chi connectivity index (χ2v) is 5.18. The molecule has 0 fully saturated rings. The first-order valence-corrected chi connectivity index (χ1v) is 6.96. The minimum Gasteiger partial charge on any atom is -0.496 e. The van der Waals surface area contributed by atoms with Crippen molar-refractivity contribution in [2.45, 2.75) is 6.54 Å². The summed E-state index contributed by atoms with van der Waals surface area (Å²) in [5.41, 5.74) is 7.06. The Balaban J connectivity index is 2.17. The van der Waals surface area contributed by atoms with E-state index < -0.39 is 5.82 Å². The van der Waals surface area contributed by atoms with Gasteiger partial charge >= 0.3 is 0 Å². The van der Waals surface area contributed by atoms with Crippen LogP contribution >= 0.6 is 23.8 Å². The van der Waals surface area contributed by atoms with Crippen LogP contribution in [0.3, 0.4) is 0 Å². The average Bonchev–Trinajstić information content (AvgIpc) is 2.45. The van der Waals surface area contributed by atoms with Gasteiger partial charge in [-0.2, -0.15) is 0 Å². The van der Waals surface area contributed by atoms with E-state index in [-0.39, 0.29) is 10.6 Å². The summed E-state index contributed by atoms with van der Waals surface area (Å²) in [6, 6.07) is 10.0. The maximum absolute atomic E-state index is 13.8. The fourth-order valence-corrected chi connectivity index (χ4v) is 2.32. The van der Waals surface area contributed by atoms with Gasteiger partial charge in [0.05, 0.1) is 7.11 Å². The summed E-state index contributed by atoms with van der Waals surface area (Å²) in [5, 5.41) is 3.68. The summed E-state index contributed by atoms with van der Waals surface area (Å²) < 4.78 is 19.0. The van der Waals surface area contributed by atoms with Crippen LogP contribution < -0.4 is 15.8 Å². The number of nitrogens with two attached hydrogens (primary N) is 1. The Hall–Kier alpha value is -1.85. The fourth-order valence-electron chi connectivity index (χ4n) is 1.92. The largest absolute Gasteiger partial charge is 0.496 e. The molecule has 21 heavy (non-hydrogen) atoms. The van der Waals surface area contributed by atoms with Gasteiger partial charge in [0.15, 0.2) is 0 Å². The predicted octanol–water partition coefficient (Wildman–Crippen LogP) is 3.73. The average molecular weight is 325 g/mol. The lowest BCUT2D eigenvalue weighted by molar-refractivity contribution is 0.410. The summed E-state index contributed by atoms with van der Waals surface area (Å²) in [4.78, 5) is 0.0341. The van der Waals surface area contributed by atoms with Crippen LogP contribution in [-0.2, 0) is 6.54 Å². The van der Waals surface area contributed by atoms with E-state index in [4.69, 9.17) is 34.3 Å². The van der Waals surface area contributed by atoms with Crippen LogP contribution in [0.2, 0.25) is 5.02 Å². The van der Waals surface area contributed by atoms with Gasteiger partial charge in [-0.15, -0.1) is 0 Å². The van der Waals surface area contributed by atoms with Gasteiger partial charge in [0, 0.05) is 28.4 Å². The van der Waals surface area contributed by atoms with E-state index in [2.05, 4.69) is 5.32 Å². The Morgan fingerprint density at radius 3 is 2.76 bits per heavy atom. The first-order chi connectivity index (χ1) is 10.0. The van der Waals surface area contributed by atoms with Gasteiger partial charge in [-0.3, -0.25) is 0 Å². The number of hydrogen-bond acceptors (Lipinski definition) is 3. The van der Waals surface area contributed by atoms with E-state index in [0.29, 0.717) is 23.0 Å². The van der Waals surface area contributed by atoms with Crippen molar-refractivity contribution in [2.75, 3.05) is 12.4 Å². The van der Waals surface area contributed by atoms with Crippen molar-refractivity contribution in [3.63, 3.8) is 0 Å². The zero-order valence-electron chi connectivity index (χ0n) is 11.3. The molecular weight excluding hydrogens is 311 g/mol. The number of hydrogen-bond donors (Lipinski definition) is 2. The summed E-state index contributed by atoms with van der Waals surface area (Å²) in [6.07, 6.45) is 0. The van der Waals surface area contributed by atoms with E-state index in [1.54, 1.807) is 31.4 Å². The van der Waals surface area contributed by atoms with Crippen LogP contribution in [0.25, 0.3) is 0 Å². The Kier molecular flexibility index (Phi) is 4.98. The molecule has 0 saturated heterocycles. The number of ether oxygens (including phenoxy) is 1. The number of nitrogens with one attached hydrogen (secondary N) is 1. The number of rotatable bonds is 5. The molecule has 0 aliphatic rings. The molecule has 0 aliphatic carbocycles. The minimum absolute atomic E-state index is 0.0341. The van der Waals surface area contributed by atoms with Crippen LogP contribution in [0.5, 0.6) is 5.75 Å². The molecule has 110 valence electrons. The van der Waals surface area contributed by atoms with Gasteiger partial charge in [-0.1, -0.05) is 29.9 Å². The highest BCUT2D eigenvalue weighted by Gasteiger charge is 2.09. The third kappa shape index (κ3) is 3.62. The van der Waals surface area contributed by atoms with Crippen LogP contribution in [0.4, 0.5) is 10.1 Å². The minimum atomic E-state index is -0.460.